The summed E-state index contributed by atoms with van der Waals surface area (Å²) in [5.74, 6) is 0. The second kappa shape index (κ2) is 13.1. The van der Waals surface area contributed by atoms with Crippen molar-refractivity contribution >= 4 is 37.8 Å². The molecule has 0 aliphatic rings. The molecule has 0 spiro atoms. The van der Waals surface area contributed by atoms with Crippen LogP contribution in [0, 0.1) is 0 Å². The molecule has 0 aliphatic heterocycles. The van der Waals surface area contributed by atoms with Gasteiger partial charge in [0, 0.05) is 0 Å². The zero-order valence-corrected chi connectivity index (χ0v) is 9.70. The summed E-state index contributed by atoms with van der Waals surface area (Å²) in [5.41, 5.74) is 10.8. The molecule has 0 aliphatic carbocycles. The van der Waals surface area contributed by atoms with E-state index >= 15 is 0 Å². The van der Waals surface area contributed by atoms with Gasteiger partial charge in [-0.05, 0) is 25.8 Å². The van der Waals surface area contributed by atoms with Crippen LogP contribution < -0.4 is 11.5 Å². The molecule has 5 nitrogen and oxygen atoms in total. The number of hydrogen-bond donors (Lipinski definition) is 2. The first-order chi connectivity index (χ1) is 6.70. The van der Waals surface area contributed by atoms with Crippen LogP contribution in [0.4, 0.5) is 0 Å². The Labute approximate surface area is 114 Å². The molecule has 0 aromatic heterocycles. The first-order valence-corrected chi connectivity index (χ1v) is 6.22. The predicted molar refractivity (Wildman–Crippen MR) is 64.4 cm³/mol. The van der Waals surface area contributed by atoms with Gasteiger partial charge in [-0.15, -0.1) is 0 Å². The van der Waals surface area contributed by atoms with E-state index in [1.54, 1.807) is 0 Å². The Kier molecular flexibility index (Phi) is 16.1. The zero-order chi connectivity index (χ0) is 10.8. The first kappa shape index (κ1) is 18.4. The van der Waals surface area contributed by atoms with Gasteiger partial charge in [0.05, 0.1) is 6.61 Å². The molecular formula is C8H22N2NaO3P. The summed E-state index contributed by atoms with van der Waals surface area (Å²) in [5, 5.41) is 0. The number of rotatable bonds is 9. The van der Waals surface area contributed by atoms with Crippen molar-refractivity contribution in [1.82, 2.24) is 0 Å². The van der Waals surface area contributed by atoms with Crippen molar-refractivity contribution in [2.45, 2.75) is 38.8 Å². The van der Waals surface area contributed by atoms with Gasteiger partial charge in [-0.25, -0.2) is 0 Å². The van der Waals surface area contributed by atoms with E-state index in [0.717, 1.165) is 19.3 Å². The molecule has 0 heterocycles. The second-order valence-corrected chi connectivity index (χ2v) is 4.06. The van der Waals surface area contributed by atoms with Crippen LogP contribution in [-0.4, -0.2) is 48.9 Å². The molecule has 0 rings (SSSR count). The van der Waals surface area contributed by atoms with Gasteiger partial charge in [0.25, 0.3) is 0 Å². The number of hydrogen-bond acceptors (Lipinski definition) is 5. The van der Waals surface area contributed by atoms with E-state index in [-0.39, 0.29) is 29.6 Å². The normalized spacial score (nSPS) is 14.3. The van der Waals surface area contributed by atoms with Crippen molar-refractivity contribution in [3.63, 3.8) is 0 Å². The Hall–Kier alpha value is 1.07. The average Bonchev–Trinajstić information content (AvgIpc) is 2.15. The van der Waals surface area contributed by atoms with E-state index in [9.17, 15) is 4.57 Å². The van der Waals surface area contributed by atoms with Crippen LogP contribution >= 0.6 is 8.25 Å². The fraction of sp³-hybridized carbons (Fsp3) is 1.00. The Morgan fingerprint density at radius 3 is 2.60 bits per heavy atom. The predicted octanol–water partition coefficient (Wildman–Crippen LogP) is 0.585. The molecular weight excluding hydrogens is 226 g/mol. The van der Waals surface area contributed by atoms with E-state index in [0.29, 0.717) is 19.6 Å². The standard InChI is InChI=1S/C8H21N2O3P.Na.H/c1-2-3-7-12-14(11)13-8(10)5-4-6-9;;/h8,14H,2-7,9-10H2,1H3;;. The van der Waals surface area contributed by atoms with Crippen molar-refractivity contribution in [3.8, 4) is 0 Å². The molecule has 0 saturated heterocycles. The van der Waals surface area contributed by atoms with E-state index < -0.39 is 14.5 Å². The van der Waals surface area contributed by atoms with Crippen LogP contribution in [0.5, 0.6) is 0 Å². The third-order valence-electron chi connectivity index (χ3n) is 1.66. The molecule has 7 heteroatoms. The van der Waals surface area contributed by atoms with Crippen molar-refractivity contribution in [2.75, 3.05) is 13.2 Å². The quantitative estimate of drug-likeness (QED) is 0.270. The minimum absolute atomic E-state index is 0. The van der Waals surface area contributed by atoms with Gasteiger partial charge in [-0.1, -0.05) is 13.3 Å². The number of unbranched alkanes of at least 4 members (excludes halogenated alkanes) is 1. The van der Waals surface area contributed by atoms with Crippen LogP contribution in [0.3, 0.4) is 0 Å². The van der Waals surface area contributed by atoms with Gasteiger partial charge >= 0.3 is 37.8 Å². The van der Waals surface area contributed by atoms with Gasteiger partial charge in [0.15, 0.2) is 0 Å². The summed E-state index contributed by atoms with van der Waals surface area (Å²) in [7, 11) is -2.41. The Balaban J connectivity index is 0. The maximum absolute atomic E-state index is 11.1. The molecule has 88 valence electrons. The van der Waals surface area contributed by atoms with E-state index in [4.69, 9.17) is 20.5 Å². The van der Waals surface area contributed by atoms with Gasteiger partial charge in [0.1, 0.15) is 6.23 Å². The summed E-state index contributed by atoms with van der Waals surface area (Å²) in [6.07, 6.45) is 2.76. The van der Waals surface area contributed by atoms with E-state index in [1.807, 2.05) is 6.92 Å². The number of nitrogens with two attached hydrogens (primary N) is 2. The Morgan fingerprint density at radius 2 is 2.07 bits per heavy atom. The van der Waals surface area contributed by atoms with Crippen LogP contribution in [0.25, 0.3) is 0 Å². The average molecular weight is 248 g/mol. The van der Waals surface area contributed by atoms with Crippen LogP contribution in [0.15, 0.2) is 0 Å². The molecule has 0 aromatic carbocycles. The molecule has 4 N–H and O–H groups in total. The molecule has 2 unspecified atom stereocenters. The van der Waals surface area contributed by atoms with Gasteiger partial charge in [-0.2, -0.15) is 0 Å². The summed E-state index contributed by atoms with van der Waals surface area (Å²) in [6, 6.07) is 0. The summed E-state index contributed by atoms with van der Waals surface area (Å²) >= 11 is 0. The van der Waals surface area contributed by atoms with Crippen molar-refractivity contribution < 1.29 is 13.6 Å². The van der Waals surface area contributed by atoms with Crippen molar-refractivity contribution in [1.29, 1.82) is 0 Å². The van der Waals surface area contributed by atoms with E-state index in [1.165, 1.54) is 0 Å². The fourth-order valence-electron chi connectivity index (χ4n) is 0.835. The van der Waals surface area contributed by atoms with Gasteiger partial charge in [-0.3, -0.25) is 9.09 Å². The minimum atomic E-state index is -2.41. The molecule has 2 atom stereocenters. The monoisotopic (exact) mass is 248 g/mol. The van der Waals surface area contributed by atoms with Crippen molar-refractivity contribution in [3.05, 3.63) is 0 Å². The molecule has 0 aromatic rings. The summed E-state index contributed by atoms with van der Waals surface area (Å²) in [4.78, 5) is 0. The zero-order valence-electron chi connectivity index (χ0n) is 8.70. The molecule has 15 heavy (non-hydrogen) atoms. The Morgan fingerprint density at radius 1 is 1.40 bits per heavy atom. The third-order valence-corrected chi connectivity index (χ3v) is 2.59. The van der Waals surface area contributed by atoms with Crippen LogP contribution in [0.1, 0.15) is 32.6 Å². The van der Waals surface area contributed by atoms with Crippen LogP contribution in [0.2, 0.25) is 0 Å². The maximum atomic E-state index is 11.1. The second-order valence-electron chi connectivity index (χ2n) is 3.04. The topological polar surface area (TPSA) is 87.6 Å². The molecule has 0 amide bonds. The fourth-order valence-corrected chi connectivity index (χ4v) is 1.58. The summed E-state index contributed by atoms with van der Waals surface area (Å²) in [6.45, 7) is 3.07. The molecule has 0 saturated carbocycles. The van der Waals surface area contributed by atoms with Crippen LogP contribution in [-0.2, 0) is 13.6 Å². The molecule has 0 fully saturated rings. The molecule has 0 radical (unpaired) electrons. The van der Waals surface area contributed by atoms with Crippen molar-refractivity contribution in [2.24, 2.45) is 11.5 Å². The third kappa shape index (κ3) is 13.0. The summed E-state index contributed by atoms with van der Waals surface area (Å²) < 4.78 is 21.0. The van der Waals surface area contributed by atoms with Gasteiger partial charge in [0.2, 0.25) is 0 Å². The van der Waals surface area contributed by atoms with Gasteiger partial charge < -0.3 is 16.0 Å². The first-order valence-electron chi connectivity index (χ1n) is 4.99. The van der Waals surface area contributed by atoms with E-state index in [2.05, 4.69) is 0 Å². The Bertz CT molecular complexity index is 163. The molecule has 0 bridgehead atoms. The SMILES string of the molecule is CCCCO[PH](=O)OC(N)CCCN.[NaH].